The van der Waals surface area contributed by atoms with Crippen LogP contribution in [0.25, 0.3) is 10.9 Å². The third-order valence-electron chi connectivity index (χ3n) is 5.38. The normalized spacial score (nSPS) is 10.9. The molecule has 4 rings (SSSR count). The smallest absolute Gasteiger partial charge is 0.262 e. The van der Waals surface area contributed by atoms with E-state index in [1.807, 2.05) is 19.1 Å². The lowest BCUT2D eigenvalue weighted by molar-refractivity contribution is -0.115. The molecule has 1 amide bonds. The Hall–Kier alpha value is -2.99. The van der Waals surface area contributed by atoms with Crippen molar-refractivity contribution in [2.75, 3.05) is 12.4 Å². The van der Waals surface area contributed by atoms with Crippen molar-refractivity contribution >= 4 is 63.2 Å². The summed E-state index contributed by atoms with van der Waals surface area (Å²) < 4.78 is 6.98. The van der Waals surface area contributed by atoms with Crippen molar-refractivity contribution in [2.45, 2.75) is 13.3 Å². The van der Waals surface area contributed by atoms with E-state index in [0.717, 1.165) is 10.9 Å². The molecule has 0 bridgehead atoms. The number of rotatable bonds is 5. The van der Waals surface area contributed by atoms with Crippen molar-refractivity contribution < 1.29 is 14.3 Å². The summed E-state index contributed by atoms with van der Waals surface area (Å²) in [5, 5.41) is 4.89. The lowest BCUT2D eigenvalue weighted by Crippen LogP contribution is -2.16. The molecule has 0 aliphatic rings. The molecule has 1 N–H and O–H groups in total. The molecule has 0 fully saturated rings. The minimum absolute atomic E-state index is 0.0522. The minimum atomic E-state index is -0.252. The van der Waals surface area contributed by atoms with Gasteiger partial charge in [0.15, 0.2) is 0 Å². The van der Waals surface area contributed by atoms with Gasteiger partial charge in [0.1, 0.15) is 5.75 Å². The Kier molecular flexibility index (Phi) is 6.66. The molecule has 0 spiro atoms. The number of carbonyl (C=O) groups excluding carboxylic acids is 2. The highest BCUT2D eigenvalue weighted by molar-refractivity contribution is 6.42. The van der Waals surface area contributed by atoms with Gasteiger partial charge in [0.2, 0.25) is 5.91 Å². The number of amides is 1. The first-order valence-corrected chi connectivity index (χ1v) is 11.1. The van der Waals surface area contributed by atoms with Crippen molar-refractivity contribution in [3.8, 4) is 5.75 Å². The first-order valence-electron chi connectivity index (χ1n) is 10.0. The van der Waals surface area contributed by atoms with E-state index in [1.54, 1.807) is 60.2 Å². The van der Waals surface area contributed by atoms with Crippen LogP contribution >= 0.6 is 34.8 Å². The second-order valence-electron chi connectivity index (χ2n) is 7.45. The van der Waals surface area contributed by atoms with Crippen molar-refractivity contribution in [3.63, 3.8) is 0 Å². The van der Waals surface area contributed by atoms with E-state index in [-0.39, 0.29) is 18.2 Å². The lowest BCUT2D eigenvalue weighted by atomic mass is 10.1. The summed E-state index contributed by atoms with van der Waals surface area (Å²) in [6.07, 6.45) is 0.0522. The van der Waals surface area contributed by atoms with Gasteiger partial charge in [0.25, 0.3) is 5.91 Å². The van der Waals surface area contributed by atoms with Crippen LogP contribution in [0.15, 0.2) is 60.7 Å². The van der Waals surface area contributed by atoms with Crippen molar-refractivity contribution in [1.29, 1.82) is 0 Å². The second-order valence-corrected chi connectivity index (χ2v) is 8.70. The van der Waals surface area contributed by atoms with Gasteiger partial charge in [-0.1, -0.05) is 34.8 Å². The summed E-state index contributed by atoms with van der Waals surface area (Å²) in [7, 11) is 1.57. The Labute approximate surface area is 205 Å². The number of ether oxygens (including phenoxy) is 1. The quantitative estimate of drug-likeness (QED) is 0.327. The van der Waals surface area contributed by atoms with Crippen molar-refractivity contribution in [3.05, 3.63) is 92.6 Å². The fourth-order valence-corrected chi connectivity index (χ4v) is 4.16. The number of anilines is 1. The van der Waals surface area contributed by atoms with E-state index in [4.69, 9.17) is 39.5 Å². The molecular formula is C25H19Cl3N2O3. The number of halogens is 3. The van der Waals surface area contributed by atoms with Crippen LogP contribution in [-0.4, -0.2) is 23.5 Å². The molecular weight excluding hydrogens is 483 g/mol. The number of carbonyl (C=O) groups is 2. The monoisotopic (exact) mass is 500 g/mol. The van der Waals surface area contributed by atoms with Crippen LogP contribution < -0.4 is 10.1 Å². The molecule has 5 nitrogen and oxygen atoms in total. The Morgan fingerprint density at radius 1 is 0.939 bits per heavy atom. The Morgan fingerprint density at radius 3 is 2.33 bits per heavy atom. The molecule has 0 unspecified atom stereocenters. The summed E-state index contributed by atoms with van der Waals surface area (Å²) in [4.78, 5) is 26.3. The van der Waals surface area contributed by atoms with E-state index in [2.05, 4.69) is 5.32 Å². The molecule has 33 heavy (non-hydrogen) atoms. The first kappa shape index (κ1) is 23.2. The molecule has 0 aliphatic carbocycles. The highest BCUT2D eigenvalue weighted by atomic mass is 35.5. The maximum atomic E-state index is 13.4. The molecule has 3 aromatic carbocycles. The number of benzene rings is 3. The molecule has 0 saturated carbocycles. The van der Waals surface area contributed by atoms with Crippen LogP contribution in [0.2, 0.25) is 15.1 Å². The summed E-state index contributed by atoms with van der Waals surface area (Å²) in [5.41, 5.74) is 3.10. The number of fused-ring (bicyclic) bond motifs is 1. The van der Waals surface area contributed by atoms with Crippen molar-refractivity contribution in [1.82, 2.24) is 4.57 Å². The topological polar surface area (TPSA) is 60.3 Å². The van der Waals surface area contributed by atoms with E-state index in [0.29, 0.717) is 43.3 Å². The van der Waals surface area contributed by atoms with Gasteiger partial charge < -0.3 is 10.1 Å². The first-order chi connectivity index (χ1) is 15.8. The molecule has 0 aliphatic heterocycles. The molecule has 0 atom stereocenters. The average Bonchev–Trinajstić information content (AvgIpc) is 3.06. The van der Waals surface area contributed by atoms with Crippen LogP contribution in [0.1, 0.15) is 21.6 Å². The third kappa shape index (κ3) is 4.71. The summed E-state index contributed by atoms with van der Waals surface area (Å²) in [5.74, 6) is 0.164. The standard InChI is InChI=1S/C25H19Cl3N2O3/c1-14-19(13-24(31)29-17-7-9-21(27)22(28)11-17)20-12-18(33-2)8-10-23(20)30(14)25(32)15-3-5-16(26)6-4-15/h3-12H,13H2,1-2H3,(H,29,31). The number of nitrogens with zero attached hydrogens (tertiary/aromatic N) is 1. The van der Waals surface area contributed by atoms with E-state index in [1.165, 1.54) is 0 Å². The van der Waals surface area contributed by atoms with Crippen molar-refractivity contribution in [2.24, 2.45) is 0 Å². The Bertz CT molecular complexity index is 1380. The van der Waals surface area contributed by atoms with Gasteiger partial charge in [-0.15, -0.1) is 0 Å². The number of aromatic nitrogens is 1. The third-order valence-corrected chi connectivity index (χ3v) is 6.37. The largest absolute Gasteiger partial charge is 0.497 e. The van der Waals surface area contributed by atoms with Gasteiger partial charge in [-0.25, -0.2) is 0 Å². The highest BCUT2D eigenvalue weighted by Gasteiger charge is 2.22. The van der Waals surface area contributed by atoms with Gasteiger partial charge in [-0.05, 0) is 73.2 Å². The molecule has 1 heterocycles. The number of hydrogen-bond donors (Lipinski definition) is 1. The number of nitrogens with one attached hydrogen (secondary N) is 1. The minimum Gasteiger partial charge on any atom is -0.497 e. The van der Waals surface area contributed by atoms with E-state index >= 15 is 0 Å². The molecule has 0 saturated heterocycles. The van der Waals surface area contributed by atoms with Gasteiger partial charge >= 0.3 is 0 Å². The maximum Gasteiger partial charge on any atom is 0.262 e. The van der Waals surface area contributed by atoms with E-state index in [9.17, 15) is 9.59 Å². The fraction of sp³-hybridized carbons (Fsp3) is 0.120. The van der Waals surface area contributed by atoms with Crippen LogP contribution in [-0.2, 0) is 11.2 Å². The van der Waals surface area contributed by atoms with E-state index < -0.39 is 0 Å². The number of methoxy groups -OCH3 is 1. The molecule has 8 heteroatoms. The Morgan fingerprint density at radius 2 is 1.67 bits per heavy atom. The van der Waals surface area contributed by atoms with Gasteiger partial charge in [0, 0.05) is 27.4 Å². The fourth-order valence-electron chi connectivity index (χ4n) is 3.74. The zero-order valence-electron chi connectivity index (χ0n) is 17.8. The lowest BCUT2D eigenvalue weighted by Gasteiger charge is -2.09. The van der Waals surface area contributed by atoms with Gasteiger partial charge in [0.05, 0.1) is 29.1 Å². The zero-order valence-corrected chi connectivity index (χ0v) is 20.1. The maximum absolute atomic E-state index is 13.4. The molecule has 0 radical (unpaired) electrons. The summed E-state index contributed by atoms with van der Waals surface area (Å²) in [6.45, 7) is 1.82. The summed E-state index contributed by atoms with van der Waals surface area (Å²) in [6, 6.07) is 17.0. The highest BCUT2D eigenvalue weighted by Crippen LogP contribution is 2.31. The SMILES string of the molecule is COc1ccc2c(c1)c(CC(=O)Nc1ccc(Cl)c(Cl)c1)c(C)n2C(=O)c1ccc(Cl)cc1. The van der Waals surface area contributed by atoms with Crippen LogP contribution in [0.5, 0.6) is 5.75 Å². The van der Waals surface area contributed by atoms with Crippen LogP contribution in [0, 0.1) is 6.92 Å². The summed E-state index contributed by atoms with van der Waals surface area (Å²) >= 11 is 18.0. The van der Waals surface area contributed by atoms with Gasteiger partial charge in [-0.2, -0.15) is 0 Å². The second kappa shape index (κ2) is 9.48. The Balaban J connectivity index is 1.74. The van der Waals surface area contributed by atoms with Crippen LogP contribution in [0.4, 0.5) is 5.69 Å². The molecule has 1 aromatic heterocycles. The molecule has 168 valence electrons. The predicted molar refractivity (Wildman–Crippen MR) is 133 cm³/mol. The van der Waals surface area contributed by atoms with Gasteiger partial charge in [-0.3, -0.25) is 14.2 Å². The zero-order chi connectivity index (χ0) is 23.7. The van der Waals surface area contributed by atoms with Crippen LogP contribution in [0.3, 0.4) is 0 Å². The average molecular weight is 502 g/mol. The predicted octanol–water partition coefficient (Wildman–Crippen LogP) is 6.79. The molecule has 4 aromatic rings. The number of hydrogen-bond acceptors (Lipinski definition) is 3.